The zero-order chi connectivity index (χ0) is 16.1. The molecule has 120 valence electrons. The van der Waals surface area contributed by atoms with E-state index in [4.69, 9.17) is 9.52 Å². The second-order valence-corrected chi connectivity index (χ2v) is 5.84. The molecule has 1 heterocycles. The zero-order valence-corrected chi connectivity index (χ0v) is 13.3. The second kappa shape index (κ2) is 7.31. The molecule has 1 aromatic carbocycles. The van der Waals surface area contributed by atoms with E-state index in [0.717, 1.165) is 22.3 Å². The summed E-state index contributed by atoms with van der Waals surface area (Å²) in [6.07, 6.45) is 0.550. The number of hydrogen-bond acceptors (Lipinski definition) is 3. The Balaban J connectivity index is 1.96. The summed E-state index contributed by atoms with van der Waals surface area (Å²) in [6, 6.07) is 7.54. The van der Waals surface area contributed by atoms with Crippen molar-refractivity contribution < 1.29 is 14.3 Å². The third-order valence-corrected chi connectivity index (χ3v) is 3.91. The van der Waals surface area contributed by atoms with Gasteiger partial charge in [-0.15, -0.1) is 0 Å². The molecule has 0 aliphatic rings. The number of fused-ring (bicyclic) bond motifs is 1. The lowest BCUT2D eigenvalue weighted by molar-refractivity contribution is 0.218. The monoisotopic (exact) mass is 304 g/mol. The van der Waals surface area contributed by atoms with Gasteiger partial charge in [-0.25, -0.2) is 4.79 Å². The van der Waals surface area contributed by atoms with Crippen LogP contribution in [0, 0.1) is 12.8 Å². The number of amides is 2. The van der Waals surface area contributed by atoms with E-state index >= 15 is 0 Å². The maximum atomic E-state index is 12.0. The quantitative estimate of drug-likeness (QED) is 0.768. The average Bonchev–Trinajstić information content (AvgIpc) is 2.81. The first kappa shape index (κ1) is 16.4. The highest BCUT2D eigenvalue weighted by Gasteiger charge is 2.16. The van der Waals surface area contributed by atoms with Gasteiger partial charge >= 0.3 is 6.03 Å². The zero-order valence-electron chi connectivity index (χ0n) is 13.3. The van der Waals surface area contributed by atoms with Crippen LogP contribution in [0.2, 0.25) is 0 Å². The van der Waals surface area contributed by atoms with Crippen molar-refractivity contribution in [2.24, 2.45) is 5.92 Å². The summed E-state index contributed by atoms with van der Waals surface area (Å²) in [6.45, 7) is 6.43. The number of benzene rings is 1. The lowest BCUT2D eigenvalue weighted by Crippen LogP contribution is -2.44. The maximum Gasteiger partial charge on any atom is 0.315 e. The van der Waals surface area contributed by atoms with Crippen LogP contribution in [0.4, 0.5) is 4.79 Å². The Morgan fingerprint density at radius 1 is 1.32 bits per heavy atom. The molecule has 2 aromatic rings. The smallest absolute Gasteiger partial charge is 0.315 e. The van der Waals surface area contributed by atoms with E-state index < -0.39 is 0 Å². The highest BCUT2D eigenvalue weighted by atomic mass is 16.3. The molecule has 5 nitrogen and oxygen atoms in total. The largest absolute Gasteiger partial charge is 0.459 e. The van der Waals surface area contributed by atoms with Gasteiger partial charge in [-0.3, -0.25) is 0 Å². The number of para-hydroxylation sites is 1. The number of carbonyl (C=O) groups is 1. The lowest BCUT2D eigenvalue weighted by Gasteiger charge is -2.21. The number of aliphatic hydroxyl groups is 1. The van der Waals surface area contributed by atoms with E-state index in [2.05, 4.69) is 10.6 Å². The summed E-state index contributed by atoms with van der Waals surface area (Å²) < 4.78 is 5.77. The van der Waals surface area contributed by atoms with Crippen LogP contribution in [0.3, 0.4) is 0 Å². The lowest BCUT2D eigenvalue weighted by atomic mass is 10.0. The minimum absolute atomic E-state index is 0.0400. The normalized spacial score (nSPS) is 12.6. The third kappa shape index (κ3) is 3.80. The van der Waals surface area contributed by atoms with Gasteiger partial charge in [0, 0.05) is 23.6 Å². The van der Waals surface area contributed by atoms with E-state index in [9.17, 15) is 4.79 Å². The Morgan fingerprint density at radius 2 is 2.05 bits per heavy atom. The van der Waals surface area contributed by atoms with Crippen molar-refractivity contribution in [2.45, 2.75) is 39.8 Å². The molecule has 0 saturated carbocycles. The molecule has 0 saturated heterocycles. The van der Waals surface area contributed by atoms with Gasteiger partial charge in [0.15, 0.2) is 0 Å². The van der Waals surface area contributed by atoms with Crippen LogP contribution < -0.4 is 10.6 Å². The van der Waals surface area contributed by atoms with Gasteiger partial charge < -0.3 is 20.2 Å². The molecular weight excluding hydrogens is 280 g/mol. The molecule has 22 heavy (non-hydrogen) atoms. The highest BCUT2D eigenvalue weighted by Crippen LogP contribution is 2.24. The van der Waals surface area contributed by atoms with Crippen LogP contribution in [0.1, 0.15) is 31.6 Å². The van der Waals surface area contributed by atoms with Gasteiger partial charge in [-0.05, 0) is 25.3 Å². The van der Waals surface area contributed by atoms with Crippen molar-refractivity contribution in [3.05, 3.63) is 35.6 Å². The van der Waals surface area contributed by atoms with Crippen LogP contribution in [0.15, 0.2) is 28.7 Å². The molecule has 2 amide bonds. The Kier molecular flexibility index (Phi) is 5.44. The summed E-state index contributed by atoms with van der Waals surface area (Å²) in [5.74, 6) is 1.03. The van der Waals surface area contributed by atoms with Crippen molar-refractivity contribution in [1.29, 1.82) is 0 Å². The topological polar surface area (TPSA) is 74.5 Å². The number of nitrogens with one attached hydrogen (secondary N) is 2. The van der Waals surface area contributed by atoms with Crippen LogP contribution in [-0.4, -0.2) is 23.8 Å². The Labute approximate surface area is 130 Å². The molecule has 0 aliphatic carbocycles. The molecule has 1 unspecified atom stereocenters. The summed E-state index contributed by atoms with van der Waals surface area (Å²) in [4.78, 5) is 12.0. The van der Waals surface area contributed by atoms with Crippen molar-refractivity contribution in [2.75, 3.05) is 6.61 Å². The Bertz CT molecular complexity index is 634. The second-order valence-electron chi connectivity index (χ2n) is 5.84. The maximum absolute atomic E-state index is 12.0. The minimum atomic E-state index is -0.244. The summed E-state index contributed by atoms with van der Waals surface area (Å²) in [7, 11) is 0. The number of rotatable bonds is 6. The first-order valence-electron chi connectivity index (χ1n) is 7.65. The summed E-state index contributed by atoms with van der Waals surface area (Å²) >= 11 is 0. The Morgan fingerprint density at radius 3 is 2.68 bits per heavy atom. The minimum Gasteiger partial charge on any atom is -0.459 e. The fraction of sp³-hybridized carbons (Fsp3) is 0.471. The van der Waals surface area contributed by atoms with E-state index in [1.807, 2.05) is 45.0 Å². The number of hydrogen-bond donors (Lipinski definition) is 3. The number of aliphatic hydroxyl groups excluding tert-OH is 1. The Hall–Kier alpha value is -2.01. The molecule has 2 rings (SSSR count). The fourth-order valence-corrected chi connectivity index (χ4v) is 2.48. The number of carbonyl (C=O) groups excluding carboxylic acids is 1. The molecule has 0 bridgehead atoms. The van der Waals surface area contributed by atoms with Crippen molar-refractivity contribution in [1.82, 2.24) is 10.6 Å². The molecule has 1 aromatic heterocycles. The highest BCUT2D eigenvalue weighted by molar-refractivity contribution is 5.82. The average molecular weight is 304 g/mol. The SMILES string of the molecule is Cc1c(CNC(=O)NC(CCO)C(C)C)oc2ccccc12. The van der Waals surface area contributed by atoms with E-state index in [1.54, 1.807) is 0 Å². The van der Waals surface area contributed by atoms with E-state index in [0.29, 0.717) is 13.0 Å². The van der Waals surface area contributed by atoms with Crippen molar-refractivity contribution in [3.63, 3.8) is 0 Å². The predicted octanol–water partition coefficient (Wildman–Crippen LogP) is 2.95. The number of furan rings is 1. The predicted molar refractivity (Wildman–Crippen MR) is 86.7 cm³/mol. The first-order chi connectivity index (χ1) is 10.5. The molecule has 0 radical (unpaired) electrons. The molecule has 0 aliphatic heterocycles. The van der Waals surface area contributed by atoms with Crippen LogP contribution in [0.25, 0.3) is 11.0 Å². The van der Waals surface area contributed by atoms with Crippen molar-refractivity contribution in [3.8, 4) is 0 Å². The van der Waals surface area contributed by atoms with Gasteiger partial charge in [-0.2, -0.15) is 0 Å². The van der Waals surface area contributed by atoms with Crippen molar-refractivity contribution >= 4 is 17.0 Å². The van der Waals surface area contributed by atoms with Crippen LogP contribution >= 0.6 is 0 Å². The summed E-state index contributed by atoms with van der Waals surface area (Å²) in [5, 5.41) is 15.8. The number of urea groups is 1. The summed E-state index contributed by atoms with van der Waals surface area (Å²) in [5.41, 5.74) is 1.88. The van der Waals surface area contributed by atoms with Gasteiger partial charge in [0.2, 0.25) is 0 Å². The van der Waals surface area contributed by atoms with Gasteiger partial charge in [0.05, 0.1) is 6.54 Å². The first-order valence-corrected chi connectivity index (χ1v) is 7.65. The van der Waals surface area contributed by atoms with Gasteiger partial charge in [0.25, 0.3) is 0 Å². The van der Waals surface area contributed by atoms with E-state index in [1.165, 1.54) is 0 Å². The molecule has 5 heteroatoms. The van der Waals surface area contributed by atoms with Gasteiger partial charge in [-0.1, -0.05) is 32.0 Å². The van der Waals surface area contributed by atoms with Crippen LogP contribution in [-0.2, 0) is 6.54 Å². The molecule has 0 spiro atoms. The molecule has 0 fully saturated rings. The van der Waals surface area contributed by atoms with Gasteiger partial charge in [0.1, 0.15) is 11.3 Å². The third-order valence-electron chi connectivity index (χ3n) is 3.91. The van der Waals surface area contributed by atoms with Crippen LogP contribution in [0.5, 0.6) is 0 Å². The number of aryl methyl sites for hydroxylation is 1. The molecular formula is C17H24N2O3. The molecule has 1 atom stereocenters. The molecule has 3 N–H and O–H groups in total. The fourth-order valence-electron chi connectivity index (χ4n) is 2.48. The van der Waals surface area contributed by atoms with E-state index in [-0.39, 0.29) is 24.6 Å². The standard InChI is InChI=1S/C17H24N2O3/c1-11(2)14(8-9-20)19-17(21)18-10-16-12(3)13-6-4-5-7-15(13)22-16/h4-7,11,14,20H,8-10H2,1-3H3,(H2,18,19,21).